The first-order valence-corrected chi connectivity index (χ1v) is 9.36. The third-order valence-electron chi connectivity index (χ3n) is 4.34. The number of hydrogen-bond acceptors (Lipinski definition) is 1. The Morgan fingerprint density at radius 1 is 0.538 bits per heavy atom. The summed E-state index contributed by atoms with van der Waals surface area (Å²) in [5.74, 6) is 0. The highest BCUT2D eigenvalue weighted by Crippen LogP contribution is 2.33. The van der Waals surface area contributed by atoms with E-state index in [0.717, 1.165) is 15.8 Å². The number of anilines is 2. The first-order valence-electron chi connectivity index (χ1n) is 8.57. The van der Waals surface area contributed by atoms with Crippen LogP contribution in [-0.2, 0) is 0 Å². The van der Waals surface area contributed by atoms with Crippen molar-refractivity contribution < 1.29 is 0 Å². The summed E-state index contributed by atoms with van der Waals surface area (Å²) >= 11 is 3.59. The summed E-state index contributed by atoms with van der Waals surface area (Å²) in [5.41, 5.74) is 6.98. The number of hydrogen-bond donors (Lipinski definition) is 1. The van der Waals surface area contributed by atoms with E-state index in [1.165, 1.54) is 22.3 Å². The van der Waals surface area contributed by atoms with Gasteiger partial charge in [-0.1, -0.05) is 88.7 Å². The van der Waals surface area contributed by atoms with Gasteiger partial charge in [0.2, 0.25) is 0 Å². The molecule has 126 valence electrons. The van der Waals surface area contributed by atoms with E-state index >= 15 is 0 Å². The van der Waals surface area contributed by atoms with Gasteiger partial charge in [0.15, 0.2) is 0 Å². The minimum Gasteiger partial charge on any atom is -0.355 e. The molecule has 1 nitrogen and oxygen atoms in total. The molecule has 0 aliphatic heterocycles. The SMILES string of the molecule is Brc1ccc(Nc2ccc(-c3ccccc3)cc2)c(-c2ccccc2)c1. The molecule has 0 saturated heterocycles. The average Bonchev–Trinajstić information content (AvgIpc) is 2.71. The van der Waals surface area contributed by atoms with Gasteiger partial charge in [0.1, 0.15) is 0 Å². The molecule has 0 aliphatic rings. The highest BCUT2D eigenvalue weighted by atomic mass is 79.9. The molecule has 1 N–H and O–H groups in total. The van der Waals surface area contributed by atoms with Gasteiger partial charge in [-0.15, -0.1) is 0 Å². The van der Waals surface area contributed by atoms with Gasteiger partial charge in [-0.2, -0.15) is 0 Å². The monoisotopic (exact) mass is 399 g/mol. The molecule has 0 radical (unpaired) electrons. The molecule has 0 amide bonds. The molecule has 26 heavy (non-hydrogen) atoms. The second-order valence-electron chi connectivity index (χ2n) is 6.12. The van der Waals surface area contributed by atoms with Crippen LogP contribution in [0.1, 0.15) is 0 Å². The zero-order chi connectivity index (χ0) is 17.8. The molecule has 4 aromatic carbocycles. The molecule has 0 atom stereocenters. The van der Waals surface area contributed by atoms with Crippen LogP contribution in [-0.4, -0.2) is 0 Å². The van der Waals surface area contributed by atoms with Crippen molar-refractivity contribution in [3.63, 3.8) is 0 Å². The minimum atomic E-state index is 1.07. The maximum absolute atomic E-state index is 3.59. The maximum Gasteiger partial charge on any atom is 0.0464 e. The fraction of sp³-hybridized carbons (Fsp3) is 0. The predicted octanol–water partition coefficient (Wildman–Crippen LogP) is 7.53. The van der Waals surface area contributed by atoms with Crippen LogP contribution < -0.4 is 5.32 Å². The number of nitrogens with one attached hydrogen (secondary N) is 1. The third kappa shape index (κ3) is 3.71. The summed E-state index contributed by atoms with van der Waals surface area (Å²) in [6.07, 6.45) is 0. The van der Waals surface area contributed by atoms with Crippen LogP contribution >= 0.6 is 15.9 Å². The number of benzene rings is 4. The van der Waals surface area contributed by atoms with E-state index in [9.17, 15) is 0 Å². The highest BCUT2D eigenvalue weighted by Gasteiger charge is 2.07. The smallest absolute Gasteiger partial charge is 0.0464 e. The topological polar surface area (TPSA) is 12.0 Å². The fourth-order valence-corrected chi connectivity index (χ4v) is 3.38. The Morgan fingerprint density at radius 3 is 1.77 bits per heavy atom. The Balaban J connectivity index is 1.64. The summed E-state index contributed by atoms with van der Waals surface area (Å²) < 4.78 is 1.07. The first kappa shape index (κ1) is 16.6. The Morgan fingerprint density at radius 2 is 1.12 bits per heavy atom. The van der Waals surface area contributed by atoms with E-state index in [1.807, 2.05) is 12.1 Å². The lowest BCUT2D eigenvalue weighted by molar-refractivity contribution is 1.51. The van der Waals surface area contributed by atoms with E-state index in [0.29, 0.717) is 0 Å². The molecule has 0 aromatic heterocycles. The average molecular weight is 400 g/mol. The number of halogens is 1. The Bertz CT molecular complexity index is 993. The fourth-order valence-electron chi connectivity index (χ4n) is 3.01. The number of rotatable bonds is 4. The van der Waals surface area contributed by atoms with Gasteiger partial charge in [0, 0.05) is 21.4 Å². The lowest BCUT2D eigenvalue weighted by Gasteiger charge is -2.13. The Labute approximate surface area is 162 Å². The highest BCUT2D eigenvalue weighted by molar-refractivity contribution is 9.10. The van der Waals surface area contributed by atoms with Crippen molar-refractivity contribution in [2.45, 2.75) is 0 Å². The van der Waals surface area contributed by atoms with Crippen molar-refractivity contribution in [1.82, 2.24) is 0 Å². The van der Waals surface area contributed by atoms with Crippen LogP contribution in [0, 0.1) is 0 Å². The second kappa shape index (κ2) is 7.59. The van der Waals surface area contributed by atoms with E-state index in [-0.39, 0.29) is 0 Å². The lowest BCUT2D eigenvalue weighted by Crippen LogP contribution is -1.93. The molecule has 0 fully saturated rings. The molecule has 4 rings (SSSR count). The molecule has 2 heteroatoms. The van der Waals surface area contributed by atoms with Gasteiger partial charge in [-0.25, -0.2) is 0 Å². The van der Waals surface area contributed by atoms with E-state index < -0.39 is 0 Å². The molecule has 0 bridgehead atoms. The zero-order valence-corrected chi connectivity index (χ0v) is 15.8. The molecular weight excluding hydrogens is 382 g/mol. The van der Waals surface area contributed by atoms with Crippen molar-refractivity contribution >= 4 is 27.3 Å². The van der Waals surface area contributed by atoms with Crippen molar-refractivity contribution in [3.05, 3.63) is 108 Å². The minimum absolute atomic E-state index is 1.07. The summed E-state index contributed by atoms with van der Waals surface area (Å²) in [5, 5.41) is 3.56. The van der Waals surface area contributed by atoms with Crippen LogP contribution in [0.25, 0.3) is 22.3 Å². The van der Waals surface area contributed by atoms with Crippen LogP contribution in [0.4, 0.5) is 11.4 Å². The van der Waals surface area contributed by atoms with Crippen molar-refractivity contribution in [2.75, 3.05) is 5.32 Å². The van der Waals surface area contributed by atoms with Crippen LogP contribution in [0.3, 0.4) is 0 Å². The maximum atomic E-state index is 3.59. The van der Waals surface area contributed by atoms with Crippen LogP contribution in [0.5, 0.6) is 0 Å². The molecule has 0 aliphatic carbocycles. The standard InChI is InChI=1S/C24H18BrN/c25-21-13-16-24(23(17-21)20-9-5-2-6-10-20)26-22-14-11-19(12-15-22)18-7-3-1-4-8-18/h1-17,26H. The van der Waals surface area contributed by atoms with Gasteiger partial charge in [-0.3, -0.25) is 0 Å². The molecular formula is C24H18BrN. The van der Waals surface area contributed by atoms with Crippen molar-refractivity contribution in [1.29, 1.82) is 0 Å². The van der Waals surface area contributed by atoms with Gasteiger partial charge < -0.3 is 5.32 Å². The molecule has 4 aromatic rings. The van der Waals surface area contributed by atoms with Crippen molar-refractivity contribution in [3.8, 4) is 22.3 Å². The summed E-state index contributed by atoms with van der Waals surface area (Å²) in [4.78, 5) is 0. The van der Waals surface area contributed by atoms with Gasteiger partial charge in [0.25, 0.3) is 0 Å². The van der Waals surface area contributed by atoms with Gasteiger partial charge in [-0.05, 0) is 47.0 Å². The summed E-state index contributed by atoms with van der Waals surface area (Å²) in [7, 11) is 0. The molecule has 0 heterocycles. The Hall–Kier alpha value is -2.84. The van der Waals surface area contributed by atoms with Crippen LogP contribution in [0.15, 0.2) is 108 Å². The summed E-state index contributed by atoms with van der Waals surface area (Å²) in [6, 6.07) is 35.7. The summed E-state index contributed by atoms with van der Waals surface area (Å²) in [6.45, 7) is 0. The van der Waals surface area contributed by atoms with E-state index in [1.54, 1.807) is 0 Å². The lowest BCUT2D eigenvalue weighted by atomic mass is 10.0. The predicted molar refractivity (Wildman–Crippen MR) is 115 cm³/mol. The molecule has 0 unspecified atom stereocenters. The first-order chi connectivity index (χ1) is 12.8. The largest absolute Gasteiger partial charge is 0.355 e. The van der Waals surface area contributed by atoms with Gasteiger partial charge >= 0.3 is 0 Å². The Kier molecular flexibility index (Phi) is 4.85. The van der Waals surface area contributed by atoms with Gasteiger partial charge in [0.05, 0.1) is 0 Å². The second-order valence-corrected chi connectivity index (χ2v) is 7.04. The van der Waals surface area contributed by atoms with E-state index in [2.05, 4.69) is 112 Å². The molecule has 0 saturated carbocycles. The molecule has 0 spiro atoms. The van der Waals surface area contributed by atoms with Crippen molar-refractivity contribution in [2.24, 2.45) is 0 Å². The van der Waals surface area contributed by atoms with Crippen LogP contribution in [0.2, 0.25) is 0 Å². The normalized spacial score (nSPS) is 10.5. The quantitative estimate of drug-likeness (QED) is 0.373. The zero-order valence-electron chi connectivity index (χ0n) is 14.2. The third-order valence-corrected chi connectivity index (χ3v) is 4.83. The van der Waals surface area contributed by atoms with E-state index in [4.69, 9.17) is 0 Å².